The van der Waals surface area contributed by atoms with Crippen LogP contribution in [0.1, 0.15) is 28.7 Å². The van der Waals surface area contributed by atoms with Gasteiger partial charge >= 0.3 is 0 Å². The van der Waals surface area contributed by atoms with Gasteiger partial charge in [-0.15, -0.1) is 11.3 Å². The summed E-state index contributed by atoms with van der Waals surface area (Å²) in [4.78, 5) is 4.21. The molecule has 0 amide bonds. The Morgan fingerprint density at radius 2 is 2.13 bits per heavy atom. The van der Waals surface area contributed by atoms with Crippen LogP contribution in [0.25, 0.3) is 0 Å². The Morgan fingerprint density at radius 1 is 1.39 bits per heavy atom. The Kier molecular flexibility index (Phi) is 7.42. The Hall–Kier alpha value is -1.02. The number of morpholine rings is 1. The maximum Gasteiger partial charge on any atom is 0.186 e. The van der Waals surface area contributed by atoms with E-state index >= 15 is 0 Å². The zero-order valence-corrected chi connectivity index (χ0v) is 15.8. The highest BCUT2D eigenvalue weighted by Crippen LogP contribution is 2.20. The number of rotatable bonds is 6. The Labute approximate surface area is 148 Å². The number of aryl methyl sites for hydroxylation is 2. The smallest absolute Gasteiger partial charge is 0.186 e. The first-order valence-corrected chi connectivity index (χ1v) is 9.35. The molecule has 2 rings (SSSR count). The van der Waals surface area contributed by atoms with Crippen LogP contribution in [0.4, 0.5) is 0 Å². The summed E-state index contributed by atoms with van der Waals surface area (Å²) in [7, 11) is 0. The van der Waals surface area contributed by atoms with Crippen LogP contribution in [0.15, 0.2) is 11.2 Å². The van der Waals surface area contributed by atoms with Gasteiger partial charge in [0, 0.05) is 28.3 Å². The van der Waals surface area contributed by atoms with Gasteiger partial charge in [-0.3, -0.25) is 5.43 Å². The van der Waals surface area contributed by atoms with E-state index < -0.39 is 0 Å². The molecule has 128 valence electrons. The van der Waals surface area contributed by atoms with Gasteiger partial charge in [-0.05, 0) is 39.1 Å². The number of nitrogens with zero attached hydrogens (tertiary/aromatic N) is 1. The van der Waals surface area contributed by atoms with Crippen molar-refractivity contribution in [3.05, 3.63) is 21.4 Å². The molecule has 0 bridgehead atoms. The van der Waals surface area contributed by atoms with Crippen LogP contribution in [0.2, 0.25) is 0 Å². The lowest BCUT2D eigenvalue weighted by Crippen LogP contribution is -3.14. The van der Waals surface area contributed by atoms with Crippen molar-refractivity contribution < 1.29 is 9.64 Å². The predicted octanol–water partition coefficient (Wildman–Crippen LogP) is 0.858. The van der Waals surface area contributed by atoms with E-state index in [1.54, 1.807) is 16.2 Å². The summed E-state index contributed by atoms with van der Waals surface area (Å²) in [6, 6.07) is 2.17. The minimum Gasteiger partial charge on any atom is -0.370 e. The molecule has 7 heteroatoms. The number of hydrogen-bond donors (Lipinski definition) is 3. The fourth-order valence-electron chi connectivity index (χ4n) is 2.67. The minimum atomic E-state index is 0.589. The van der Waals surface area contributed by atoms with Crippen molar-refractivity contribution in [3.8, 4) is 0 Å². The summed E-state index contributed by atoms with van der Waals surface area (Å²) in [6.45, 7) is 12.3. The molecule has 0 aliphatic carbocycles. The number of nitrogens with one attached hydrogen (secondary N) is 3. The number of hydrogen-bond acceptors (Lipinski definition) is 4. The van der Waals surface area contributed by atoms with Crippen molar-refractivity contribution in [2.75, 3.05) is 39.4 Å². The van der Waals surface area contributed by atoms with Gasteiger partial charge in [-0.1, -0.05) is 0 Å². The highest BCUT2D eigenvalue weighted by atomic mass is 32.1. The fourth-order valence-corrected chi connectivity index (χ4v) is 3.80. The number of hydrazone groups is 1. The first-order valence-electron chi connectivity index (χ1n) is 8.13. The molecule has 1 aliphatic rings. The SMILES string of the molecule is C/C(=N/NC(=S)NCCC[NH+]1CCOCC1)c1cc(C)sc1C. The van der Waals surface area contributed by atoms with Crippen LogP contribution in [-0.4, -0.2) is 50.2 Å². The quantitative estimate of drug-likeness (QED) is 0.307. The number of ether oxygens (including phenoxy) is 1. The summed E-state index contributed by atoms with van der Waals surface area (Å²) in [5.41, 5.74) is 5.10. The molecule has 5 nitrogen and oxygen atoms in total. The van der Waals surface area contributed by atoms with E-state index in [1.165, 1.54) is 15.3 Å². The van der Waals surface area contributed by atoms with E-state index in [1.807, 2.05) is 6.92 Å². The molecule has 1 aromatic rings. The highest BCUT2D eigenvalue weighted by Gasteiger charge is 2.12. The fraction of sp³-hybridized carbons (Fsp3) is 0.625. The molecule has 0 aromatic carbocycles. The van der Waals surface area contributed by atoms with Crippen molar-refractivity contribution in [2.45, 2.75) is 27.2 Å². The highest BCUT2D eigenvalue weighted by molar-refractivity contribution is 7.80. The molecule has 0 unspecified atom stereocenters. The second kappa shape index (κ2) is 9.32. The molecule has 1 fully saturated rings. The largest absolute Gasteiger partial charge is 0.370 e. The Morgan fingerprint density at radius 3 is 2.78 bits per heavy atom. The summed E-state index contributed by atoms with van der Waals surface area (Å²) in [5, 5.41) is 8.19. The van der Waals surface area contributed by atoms with Crippen LogP contribution in [0, 0.1) is 13.8 Å². The number of thiophene rings is 1. The summed E-state index contributed by atoms with van der Waals surface area (Å²) < 4.78 is 5.36. The third kappa shape index (κ3) is 6.18. The second-order valence-corrected chi connectivity index (χ2v) is 7.73. The second-order valence-electron chi connectivity index (χ2n) is 5.86. The molecule has 3 N–H and O–H groups in total. The van der Waals surface area contributed by atoms with Crippen molar-refractivity contribution in [1.82, 2.24) is 10.7 Å². The Bertz CT molecular complexity index is 550. The maximum absolute atomic E-state index is 5.36. The van der Waals surface area contributed by atoms with Gasteiger partial charge in [0.15, 0.2) is 5.11 Å². The molecule has 2 heterocycles. The number of quaternary nitrogens is 1. The molecule has 0 atom stereocenters. The average Bonchev–Trinajstić information content (AvgIpc) is 2.89. The maximum atomic E-state index is 5.36. The van der Waals surface area contributed by atoms with Gasteiger partial charge in [-0.25, -0.2) is 0 Å². The molecular weight excluding hydrogens is 328 g/mol. The lowest BCUT2D eigenvalue weighted by Gasteiger charge is -2.23. The normalized spacial score (nSPS) is 16.4. The number of thiocarbonyl (C=S) groups is 1. The third-order valence-electron chi connectivity index (χ3n) is 3.95. The summed E-state index contributed by atoms with van der Waals surface area (Å²) in [5.74, 6) is 0. The van der Waals surface area contributed by atoms with E-state index in [2.05, 4.69) is 35.8 Å². The molecule has 0 saturated carbocycles. The van der Waals surface area contributed by atoms with Gasteiger partial charge < -0.3 is 15.0 Å². The van der Waals surface area contributed by atoms with Gasteiger partial charge in [0.25, 0.3) is 0 Å². The standard InChI is InChI=1S/C16H26N4OS2/c1-12-11-15(14(3)23-12)13(2)18-19-16(22)17-5-4-6-20-7-9-21-10-8-20/h11H,4-10H2,1-3H3,(H2,17,19,22)/p+1/b18-13-. The molecule has 0 spiro atoms. The van der Waals surface area contributed by atoms with E-state index in [9.17, 15) is 0 Å². The monoisotopic (exact) mass is 355 g/mol. The zero-order valence-electron chi connectivity index (χ0n) is 14.2. The first-order chi connectivity index (χ1) is 11.1. The van der Waals surface area contributed by atoms with E-state index in [0.29, 0.717) is 5.11 Å². The summed E-state index contributed by atoms with van der Waals surface area (Å²) >= 11 is 7.07. The van der Waals surface area contributed by atoms with Gasteiger partial charge in [0.2, 0.25) is 0 Å². The van der Waals surface area contributed by atoms with Crippen LogP contribution in [0.3, 0.4) is 0 Å². The van der Waals surface area contributed by atoms with E-state index in [4.69, 9.17) is 17.0 Å². The summed E-state index contributed by atoms with van der Waals surface area (Å²) in [6.07, 6.45) is 1.10. The van der Waals surface area contributed by atoms with E-state index in [-0.39, 0.29) is 0 Å². The minimum absolute atomic E-state index is 0.589. The third-order valence-corrected chi connectivity index (χ3v) is 5.15. The van der Waals surface area contributed by atoms with Gasteiger partial charge in [-0.2, -0.15) is 5.10 Å². The van der Waals surface area contributed by atoms with Crippen LogP contribution < -0.4 is 15.6 Å². The van der Waals surface area contributed by atoms with Crippen molar-refractivity contribution in [1.29, 1.82) is 0 Å². The van der Waals surface area contributed by atoms with Gasteiger partial charge in [0.05, 0.1) is 25.5 Å². The van der Waals surface area contributed by atoms with E-state index in [0.717, 1.165) is 51.5 Å². The first kappa shape index (κ1) is 18.3. The molecule has 23 heavy (non-hydrogen) atoms. The molecule has 1 aromatic heterocycles. The average molecular weight is 356 g/mol. The lowest BCUT2D eigenvalue weighted by atomic mass is 10.2. The van der Waals surface area contributed by atoms with Crippen molar-refractivity contribution in [2.24, 2.45) is 5.10 Å². The lowest BCUT2D eigenvalue weighted by molar-refractivity contribution is -0.908. The van der Waals surface area contributed by atoms with Crippen molar-refractivity contribution in [3.63, 3.8) is 0 Å². The van der Waals surface area contributed by atoms with Crippen molar-refractivity contribution >= 4 is 34.4 Å². The molecular formula is C16H27N4OS2+. The topological polar surface area (TPSA) is 50.1 Å². The Balaban J connectivity index is 1.66. The molecule has 1 aliphatic heterocycles. The molecule has 0 radical (unpaired) electrons. The van der Waals surface area contributed by atoms with Crippen LogP contribution >= 0.6 is 23.6 Å². The predicted molar refractivity (Wildman–Crippen MR) is 101 cm³/mol. The van der Waals surface area contributed by atoms with Gasteiger partial charge in [0.1, 0.15) is 13.1 Å². The van der Waals surface area contributed by atoms with Crippen LogP contribution in [0.5, 0.6) is 0 Å². The zero-order chi connectivity index (χ0) is 16.7. The van der Waals surface area contributed by atoms with Crippen LogP contribution in [-0.2, 0) is 4.74 Å². The molecule has 1 saturated heterocycles.